The van der Waals surface area contributed by atoms with E-state index in [1.807, 2.05) is 24.3 Å². The highest BCUT2D eigenvalue weighted by molar-refractivity contribution is 5.95. The molecule has 124 valence electrons. The molecular weight excluding hydrogens is 284 g/mol. The number of hydrogen-bond donors (Lipinski definition) is 1. The van der Waals surface area contributed by atoms with Gasteiger partial charge < -0.3 is 5.11 Å². The van der Waals surface area contributed by atoms with Crippen LogP contribution >= 0.6 is 0 Å². The normalized spacial score (nSPS) is 22.1. The first kappa shape index (κ1) is 17.7. The summed E-state index contributed by atoms with van der Waals surface area (Å²) in [5.74, 6) is -0.190. The molecule has 0 bridgehead atoms. The highest BCUT2D eigenvalue weighted by Crippen LogP contribution is 2.29. The van der Waals surface area contributed by atoms with Crippen LogP contribution in [0.25, 0.3) is 0 Å². The van der Waals surface area contributed by atoms with Crippen LogP contribution in [-0.2, 0) is 11.2 Å². The van der Waals surface area contributed by atoms with E-state index in [1.165, 1.54) is 24.8 Å². The molecule has 2 rings (SSSR count). The minimum absolute atomic E-state index is 0.0508. The quantitative estimate of drug-likeness (QED) is 0.539. The number of rotatable bonds is 9. The van der Waals surface area contributed by atoms with E-state index in [0.717, 1.165) is 12.8 Å². The predicted molar refractivity (Wildman–Crippen MR) is 95.2 cm³/mol. The van der Waals surface area contributed by atoms with E-state index < -0.39 is 6.10 Å². The summed E-state index contributed by atoms with van der Waals surface area (Å²) < 4.78 is 0. The first-order valence-electron chi connectivity index (χ1n) is 8.83. The van der Waals surface area contributed by atoms with Crippen LogP contribution in [0.3, 0.4) is 0 Å². The summed E-state index contributed by atoms with van der Waals surface area (Å²) >= 11 is 0. The molecule has 0 fully saturated rings. The third-order valence-electron chi connectivity index (χ3n) is 4.54. The molecule has 1 aliphatic carbocycles. The number of aryl methyl sites for hydroxylation is 1. The maximum atomic E-state index is 12.1. The third kappa shape index (κ3) is 5.47. The van der Waals surface area contributed by atoms with Gasteiger partial charge in [-0.25, -0.2) is 0 Å². The molecule has 1 aromatic rings. The van der Waals surface area contributed by atoms with Crippen LogP contribution < -0.4 is 0 Å². The number of unbranched alkanes of at least 4 members (excludes halogenated alkanes) is 3. The van der Waals surface area contributed by atoms with Gasteiger partial charge in [0.05, 0.1) is 12.0 Å². The first-order valence-corrected chi connectivity index (χ1v) is 8.83. The zero-order valence-corrected chi connectivity index (χ0v) is 14.0. The fraction of sp³-hybridized carbons (Fsp3) is 0.476. The second kappa shape index (κ2) is 9.46. The van der Waals surface area contributed by atoms with Gasteiger partial charge in [0.1, 0.15) is 0 Å². The highest BCUT2D eigenvalue weighted by atomic mass is 16.3. The van der Waals surface area contributed by atoms with E-state index in [-0.39, 0.29) is 17.6 Å². The molecule has 3 atom stereocenters. The van der Waals surface area contributed by atoms with Crippen LogP contribution in [0.15, 0.2) is 54.6 Å². The van der Waals surface area contributed by atoms with Crippen molar-refractivity contribution in [3.63, 3.8) is 0 Å². The topological polar surface area (TPSA) is 37.3 Å². The number of allylic oxidation sites excluding steroid dienone is 4. The average molecular weight is 312 g/mol. The van der Waals surface area contributed by atoms with Crippen molar-refractivity contribution in [2.45, 2.75) is 51.6 Å². The highest BCUT2D eigenvalue weighted by Gasteiger charge is 2.34. The molecule has 0 unspecified atom stereocenters. The van der Waals surface area contributed by atoms with Gasteiger partial charge in [0, 0.05) is 5.92 Å². The Kier molecular flexibility index (Phi) is 7.28. The Morgan fingerprint density at radius 3 is 2.74 bits per heavy atom. The summed E-state index contributed by atoms with van der Waals surface area (Å²) in [5.41, 5.74) is 1.21. The lowest BCUT2D eigenvalue weighted by Gasteiger charge is -2.21. The molecule has 1 N–H and O–H groups in total. The molecule has 0 spiro atoms. The van der Waals surface area contributed by atoms with Crippen molar-refractivity contribution in [1.29, 1.82) is 0 Å². The van der Waals surface area contributed by atoms with Gasteiger partial charge >= 0.3 is 0 Å². The lowest BCUT2D eigenvalue weighted by molar-refractivity contribution is -0.121. The average Bonchev–Trinajstić information content (AvgIpc) is 2.94. The summed E-state index contributed by atoms with van der Waals surface area (Å²) in [4.78, 5) is 12.1. The van der Waals surface area contributed by atoms with Crippen LogP contribution in [0.2, 0.25) is 0 Å². The number of carbonyl (C=O) groups is 1. The lowest BCUT2D eigenvalue weighted by Crippen LogP contribution is -2.29. The van der Waals surface area contributed by atoms with Crippen molar-refractivity contribution in [3.05, 3.63) is 60.2 Å². The fourth-order valence-electron chi connectivity index (χ4n) is 3.16. The van der Waals surface area contributed by atoms with Gasteiger partial charge in [-0.05, 0) is 37.3 Å². The molecular formula is C21H28O2. The number of aliphatic hydroxyl groups excluding tert-OH is 1. The largest absolute Gasteiger partial charge is 0.392 e. The number of aliphatic hydroxyl groups is 1. The zero-order chi connectivity index (χ0) is 16.5. The molecule has 0 aromatic heterocycles. The van der Waals surface area contributed by atoms with Crippen molar-refractivity contribution in [2.24, 2.45) is 11.8 Å². The smallest absolute Gasteiger partial charge is 0.161 e. The summed E-state index contributed by atoms with van der Waals surface area (Å²) in [6.45, 7) is 2.20. The van der Waals surface area contributed by atoms with Gasteiger partial charge in [0.25, 0.3) is 0 Å². The minimum Gasteiger partial charge on any atom is -0.392 e. The van der Waals surface area contributed by atoms with Gasteiger partial charge in [-0.3, -0.25) is 4.79 Å². The van der Waals surface area contributed by atoms with Crippen molar-refractivity contribution < 1.29 is 9.90 Å². The Labute approximate surface area is 139 Å². The Morgan fingerprint density at radius 1 is 1.22 bits per heavy atom. The van der Waals surface area contributed by atoms with Crippen molar-refractivity contribution in [2.75, 3.05) is 0 Å². The monoisotopic (exact) mass is 312 g/mol. The van der Waals surface area contributed by atoms with Crippen LogP contribution in [0.5, 0.6) is 0 Å². The Balaban J connectivity index is 1.86. The lowest BCUT2D eigenvalue weighted by atomic mass is 9.86. The first-order chi connectivity index (χ1) is 11.2. The molecule has 0 amide bonds. The standard InChI is InChI=1S/C21H28O2/c1-2-3-4-5-9-12-18-14-16-20(23)21(18)19(22)15-13-17-10-7-6-8-11-17/h6-12,14,16,18-19,21-22H,2-5,13,15H2,1H3/b12-9+/t18-,19-,21-/m0/s1. The SMILES string of the molecule is CCCCC/C=C/[C@H]1C=CC(=O)[C@@H]1[C@@H](O)CCc1ccccc1. The zero-order valence-electron chi connectivity index (χ0n) is 14.0. The van der Waals surface area contributed by atoms with Crippen LogP contribution in [0.4, 0.5) is 0 Å². The van der Waals surface area contributed by atoms with E-state index in [0.29, 0.717) is 6.42 Å². The number of carbonyl (C=O) groups excluding carboxylic acids is 1. The summed E-state index contributed by atoms with van der Waals surface area (Å²) in [5, 5.41) is 10.5. The minimum atomic E-state index is -0.581. The van der Waals surface area contributed by atoms with E-state index in [1.54, 1.807) is 6.08 Å². The molecule has 2 nitrogen and oxygen atoms in total. The molecule has 23 heavy (non-hydrogen) atoms. The second-order valence-electron chi connectivity index (χ2n) is 6.38. The molecule has 0 heterocycles. The molecule has 0 radical (unpaired) electrons. The van der Waals surface area contributed by atoms with Crippen LogP contribution in [0.1, 0.15) is 44.6 Å². The van der Waals surface area contributed by atoms with Crippen LogP contribution in [0, 0.1) is 11.8 Å². The summed E-state index contributed by atoms with van der Waals surface area (Å²) in [6, 6.07) is 10.1. The van der Waals surface area contributed by atoms with Gasteiger partial charge in [-0.2, -0.15) is 0 Å². The van der Waals surface area contributed by atoms with Gasteiger partial charge in [0.2, 0.25) is 0 Å². The van der Waals surface area contributed by atoms with E-state index in [2.05, 4.69) is 31.2 Å². The van der Waals surface area contributed by atoms with Gasteiger partial charge in [-0.1, -0.05) is 68.3 Å². The number of benzene rings is 1. The van der Waals surface area contributed by atoms with E-state index in [4.69, 9.17) is 0 Å². The summed E-state index contributed by atoms with van der Waals surface area (Å²) in [7, 11) is 0. The van der Waals surface area contributed by atoms with Crippen molar-refractivity contribution in [1.82, 2.24) is 0 Å². The maximum Gasteiger partial charge on any atom is 0.161 e. The van der Waals surface area contributed by atoms with Crippen molar-refractivity contribution >= 4 is 5.78 Å². The molecule has 0 saturated heterocycles. The molecule has 2 heteroatoms. The number of ketones is 1. The molecule has 0 saturated carbocycles. The summed E-state index contributed by atoms with van der Waals surface area (Å²) in [6.07, 6.45) is 13.4. The number of hydrogen-bond acceptors (Lipinski definition) is 2. The van der Waals surface area contributed by atoms with Gasteiger partial charge in [-0.15, -0.1) is 0 Å². The van der Waals surface area contributed by atoms with E-state index in [9.17, 15) is 9.90 Å². The second-order valence-corrected chi connectivity index (χ2v) is 6.38. The molecule has 1 aromatic carbocycles. The van der Waals surface area contributed by atoms with E-state index >= 15 is 0 Å². The Bertz CT molecular complexity index is 530. The fourth-order valence-corrected chi connectivity index (χ4v) is 3.16. The van der Waals surface area contributed by atoms with Gasteiger partial charge in [0.15, 0.2) is 5.78 Å². The van der Waals surface area contributed by atoms with Crippen molar-refractivity contribution in [3.8, 4) is 0 Å². The molecule has 1 aliphatic rings. The maximum absolute atomic E-state index is 12.1. The Hall–Kier alpha value is -1.67. The Morgan fingerprint density at radius 2 is 2.00 bits per heavy atom. The van der Waals surface area contributed by atoms with Crippen LogP contribution in [-0.4, -0.2) is 17.0 Å². The molecule has 0 aliphatic heterocycles. The third-order valence-corrected chi connectivity index (χ3v) is 4.54. The predicted octanol–water partition coefficient (Wildman–Crippen LogP) is 4.49.